The van der Waals surface area contributed by atoms with Gasteiger partial charge in [0.05, 0.1) is 18.1 Å². The average Bonchev–Trinajstić information content (AvgIpc) is 2.70. The SMILES string of the molecule is CCOC(=O)C1CCN(C(=O)COC(=O)COc2ccccc2C=O)CC1. The van der Waals surface area contributed by atoms with Crippen molar-refractivity contribution in [2.45, 2.75) is 19.8 Å². The quantitative estimate of drug-likeness (QED) is 0.496. The monoisotopic (exact) mass is 377 g/mol. The number of esters is 2. The molecular formula is C19H23NO7. The molecule has 0 aliphatic carbocycles. The second-order valence-corrected chi connectivity index (χ2v) is 6.01. The molecule has 1 fully saturated rings. The summed E-state index contributed by atoms with van der Waals surface area (Å²) >= 11 is 0. The van der Waals surface area contributed by atoms with Crippen LogP contribution in [0.4, 0.5) is 0 Å². The highest BCUT2D eigenvalue weighted by Crippen LogP contribution is 2.19. The molecule has 0 unspecified atom stereocenters. The van der Waals surface area contributed by atoms with Gasteiger partial charge in [-0.15, -0.1) is 0 Å². The smallest absolute Gasteiger partial charge is 0.344 e. The number of nitrogens with zero attached hydrogens (tertiary/aromatic N) is 1. The van der Waals surface area contributed by atoms with Crippen LogP contribution in [0.1, 0.15) is 30.1 Å². The molecule has 1 aromatic carbocycles. The lowest BCUT2D eigenvalue weighted by molar-refractivity contribution is -0.155. The minimum atomic E-state index is -0.703. The zero-order chi connectivity index (χ0) is 19.6. The van der Waals surface area contributed by atoms with Gasteiger partial charge in [0.25, 0.3) is 5.91 Å². The van der Waals surface area contributed by atoms with Gasteiger partial charge in [0.2, 0.25) is 0 Å². The molecular weight excluding hydrogens is 354 g/mol. The Morgan fingerprint density at radius 1 is 1.11 bits per heavy atom. The van der Waals surface area contributed by atoms with Gasteiger partial charge in [-0.25, -0.2) is 4.79 Å². The number of hydrogen-bond donors (Lipinski definition) is 0. The summed E-state index contributed by atoms with van der Waals surface area (Å²) in [5, 5.41) is 0. The van der Waals surface area contributed by atoms with Gasteiger partial charge in [0, 0.05) is 13.1 Å². The van der Waals surface area contributed by atoms with E-state index < -0.39 is 12.6 Å². The van der Waals surface area contributed by atoms with Crippen LogP contribution in [-0.4, -0.2) is 61.9 Å². The van der Waals surface area contributed by atoms with Crippen LogP contribution >= 0.6 is 0 Å². The van der Waals surface area contributed by atoms with Crippen molar-refractivity contribution in [1.82, 2.24) is 4.90 Å². The standard InChI is InChI=1S/C19H23NO7/c1-2-25-19(24)14-7-9-20(10-8-14)17(22)12-27-18(23)13-26-16-6-4-3-5-15(16)11-21/h3-6,11,14H,2,7-10,12-13H2,1H3. The lowest BCUT2D eigenvalue weighted by atomic mass is 9.97. The van der Waals surface area contributed by atoms with Gasteiger partial charge in [-0.3, -0.25) is 14.4 Å². The number of aldehydes is 1. The molecule has 8 heteroatoms. The van der Waals surface area contributed by atoms with E-state index in [0.717, 1.165) is 0 Å². The van der Waals surface area contributed by atoms with Crippen LogP contribution in [0.15, 0.2) is 24.3 Å². The minimum Gasteiger partial charge on any atom is -0.481 e. The van der Waals surface area contributed by atoms with Crippen LogP contribution in [-0.2, 0) is 23.9 Å². The van der Waals surface area contributed by atoms with E-state index in [1.807, 2.05) is 0 Å². The molecule has 1 aromatic rings. The molecule has 2 rings (SSSR count). The number of likely N-dealkylation sites (tertiary alicyclic amines) is 1. The van der Waals surface area contributed by atoms with Crippen molar-refractivity contribution in [1.29, 1.82) is 0 Å². The van der Waals surface area contributed by atoms with Crippen LogP contribution < -0.4 is 4.74 Å². The van der Waals surface area contributed by atoms with Crippen molar-refractivity contribution in [3.8, 4) is 5.75 Å². The minimum absolute atomic E-state index is 0.192. The van der Waals surface area contributed by atoms with E-state index in [2.05, 4.69) is 0 Å². The van der Waals surface area contributed by atoms with E-state index in [1.165, 1.54) is 0 Å². The number of carbonyl (C=O) groups is 4. The van der Waals surface area contributed by atoms with Crippen LogP contribution in [0.25, 0.3) is 0 Å². The van der Waals surface area contributed by atoms with E-state index in [4.69, 9.17) is 14.2 Å². The Hall–Kier alpha value is -2.90. The highest BCUT2D eigenvalue weighted by atomic mass is 16.6. The number of rotatable bonds is 8. The van der Waals surface area contributed by atoms with E-state index in [0.29, 0.717) is 44.4 Å². The van der Waals surface area contributed by atoms with E-state index in [-0.39, 0.29) is 30.2 Å². The summed E-state index contributed by atoms with van der Waals surface area (Å²) in [5.41, 5.74) is 0.325. The van der Waals surface area contributed by atoms with Crippen LogP contribution in [0.2, 0.25) is 0 Å². The third kappa shape index (κ3) is 6.09. The Morgan fingerprint density at radius 2 is 1.81 bits per heavy atom. The molecule has 0 saturated carbocycles. The van der Waals surface area contributed by atoms with Crippen molar-refractivity contribution in [3.05, 3.63) is 29.8 Å². The predicted molar refractivity (Wildman–Crippen MR) is 94.2 cm³/mol. The molecule has 27 heavy (non-hydrogen) atoms. The molecule has 1 amide bonds. The van der Waals surface area contributed by atoms with Gasteiger partial charge < -0.3 is 19.1 Å². The molecule has 8 nitrogen and oxygen atoms in total. The van der Waals surface area contributed by atoms with Gasteiger partial charge in [0.15, 0.2) is 19.5 Å². The molecule has 0 bridgehead atoms. The third-order valence-electron chi connectivity index (χ3n) is 4.22. The molecule has 0 spiro atoms. The first-order valence-electron chi connectivity index (χ1n) is 8.82. The number of amides is 1. The molecule has 146 valence electrons. The number of para-hydroxylation sites is 1. The summed E-state index contributed by atoms with van der Waals surface area (Å²) in [6, 6.07) is 6.49. The van der Waals surface area contributed by atoms with Crippen molar-refractivity contribution in [2.75, 3.05) is 32.9 Å². The molecule has 1 heterocycles. The zero-order valence-corrected chi connectivity index (χ0v) is 15.2. The van der Waals surface area contributed by atoms with E-state index in [9.17, 15) is 19.2 Å². The number of ether oxygens (including phenoxy) is 3. The fourth-order valence-electron chi connectivity index (χ4n) is 2.75. The summed E-state index contributed by atoms with van der Waals surface area (Å²) in [4.78, 5) is 48.0. The van der Waals surface area contributed by atoms with Crippen LogP contribution in [0, 0.1) is 5.92 Å². The first kappa shape index (κ1) is 20.4. The van der Waals surface area contributed by atoms with Crippen molar-refractivity contribution in [3.63, 3.8) is 0 Å². The van der Waals surface area contributed by atoms with E-state index >= 15 is 0 Å². The number of carbonyl (C=O) groups excluding carboxylic acids is 4. The zero-order valence-electron chi connectivity index (χ0n) is 15.2. The number of piperidine rings is 1. The Balaban J connectivity index is 1.70. The van der Waals surface area contributed by atoms with Crippen molar-refractivity contribution < 1.29 is 33.4 Å². The summed E-state index contributed by atoms with van der Waals surface area (Å²) in [6.07, 6.45) is 1.69. The molecule has 1 aliphatic rings. The van der Waals surface area contributed by atoms with Crippen LogP contribution in [0.5, 0.6) is 5.75 Å². The third-order valence-corrected chi connectivity index (χ3v) is 4.22. The summed E-state index contributed by atoms with van der Waals surface area (Å²) in [7, 11) is 0. The number of hydrogen-bond acceptors (Lipinski definition) is 7. The first-order chi connectivity index (χ1) is 13.0. The highest BCUT2D eigenvalue weighted by Gasteiger charge is 2.28. The largest absolute Gasteiger partial charge is 0.481 e. The lowest BCUT2D eigenvalue weighted by Crippen LogP contribution is -2.42. The van der Waals surface area contributed by atoms with Gasteiger partial charge >= 0.3 is 11.9 Å². The second kappa shape index (κ2) is 10.3. The predicted octanol–water partition coefficient (Wildman–Crippen LogP) is 1.22. The maximum absolute atomic E-state index is 12.1. The molecule has 0 atom stereocenters. The second-order valence-electron chi connectivity index (χ2n) is 6.01. The Labute approximate surface area is 157 Å². The van der Waals surface area contributed by atoms with Gasteiger partial charge in [-0.2, -0.15) is 0 Å². The van der Waals surface area contributed by atoms with Gasteiger partial charge in [-0.1, -0.05) is 12.1 Å². The molecule has 0 aromatic heterocycles. The van der Waals surface area contributed by atoms with Crippen molar-refractivity contribution >= 4 is 24.1 Å². The Morgan fingerprint density at radius 3 is 2.48 bits per heavy atom. The number of benzene rings is 1. The Kier molecular flexibility index (Phi) is 7.79. The van der Waals surface area contributed by atoms with E-state index in [1.54, 1.807) is 36.1 Å². The maximum Gasteiger partial charge on any atom is 0.344 e. The van der Waals surface area contributed by atoms with Gasteiger partial charge in [-0.05, 0) is 31.9 Å². The molecule has 1 saturated heterocycles. The summed E-state index contributed by atoms with van der Waals surface area (Å²) in [6.45, 7) is 2.15. The first-order valence-corrected chi connectivity index (χ1v) is 8.82. The highest BCUT2D eigenvalue weighted by molar-refractivity contribution is 5.82. The fraction of sp³-hybridized carbons (Fsp3) is 0.474. The van der Waals surface area contributed by atoms with Gasteiger partial charge in [0.1, 0.15) is 5.75 Å². The normalized spacial score (nSPS) is 14.3. The molecule has 0 radical (unpaired) electrons. The maximum atomic E-state index is 12.1. The summed E-state index contributed by atoms with van der Waals surface area (Å²) in [5.74, 6) is -1.17. The molecule has 1 aliphatic heterocycles. The topological polar surface area (TPSA) is 99.2 Å². The summed E-state index contributed by atoms with van der Waals surface area (Å²) < 4.78 is 15.2. The molecule has 0 N–H and O–H groups in total. The fourth-order valence-corrected chi connectivity index (χ4v) is 2.75. The lowest BCUT2D eigenvalue weighted by Gasteiger charge is -2.30. The van der Waals surface area contributed by atoms with Crippen LogP contribution in [0.3, 0.4) is 0 Å². The average molecular weight is 377 g/mol. The van der Waals surface area contributed by atoms with Crippen molar-refractivity contribution in [2.24, 2.45) is 5.92 Å². The Bertz CT molecular complexity index is 680.